The van der Waals surface area contributed by atoms with Gasteiger partial charge in [0.15, 0.2) is 0 Å². The van der Waals surface area contributed by atoms with Crippen molar-refractivity contribution < 1.29 is 5.11 Å². The van der Waals surface area contributed by atoms with Crippen molar-refractivity contribution in [3.05, 3.63) is 0 Å². The number of piperidine rings is 1. The fraction of sp³-hybridized carbons (Fsp3) is 1.00. The van der Waals surface area contributed by atoms with E-state index >= 15 is 0 Å². The number of alkyl halides is 1. The van der Waals surface area contributed by atoms with Crippen LogP contribution in [0.15, 0.2) is 0 Å². The summed E-state index contributed by atoms with van der Waals surface area (Å²) >= 11 is 3.42. The summed E-state index contributed by atoms with van der Waals surface area (Å²) in [5.41, 5.74) is 0. The fourth-order valence-electron chi connectivity index (χ4n) is 1.54. The molecule has 0 saturated carbocycles. The van der Waals surface area contributed by atoms with Gasteiger partial charge in [-0.2, -0.15) is 0 Å². The predicted molar refractivity (Wildman–Crippen MR) is 50.0 cm³/mol. The number of halogens is 1. The van der Waals surface area contributed by atoms with E-state index in [1.54, 1.807) is 0 Å². The first-order valence-corrected chi connectivity index (χ1v) is 5.32. The summed E-state index contributed by atoms with van der Waals surface area (Å²) in [5.74, 6) is 0.447. The molecule has 0 spiro atoms. The van der Waals surface area contributed by atoms with Crippen molar-refractivity contribution in [1.29, 1.82) is 0 Å². The third kappa shape index (κ3) is 2.73. The molecule has 1 N–H and O–H groups in total. The van der Waals surface area contributed by atoms with Crippen LogP contribution < -0.4 is 0 Å². The average Bonchev–Trinajstić information content (AvgIpc) is 1.98. The predicted octanol–water partition coefficient (Wildman–Crippen LogP) is 1.08. The zero-order chi connectivity index (χ0) is 8.27. The Morgan fingerprint density at radius 2 is 2.36 bits per heavy atom. The maximum absolute atomic E-state index is 9.43. The Hall–Kier alpha value is 0.400. The van der Waals surface area contributed by atoms with Gasteiger partial charge in [0, 0.05) is 25.0 Å². The third-order valence-electron chi connectivity index (χ3n) is 2.34. The van der Waals surface area contributed by atoms with Gasteiger partial charge in [0.1, 0.15) is 0 Å². The molecule has 1 saturated heterocycles. The lowest BCUT2D eigenvalue weighted by molar-refractivity contribution is 0.0378. The largest absolute Gasteiger partial charge is 0.393 e. The van der Waals surface area contributed by atoms with Gasteiger partial charge in [0.25, 0.3) is 0 Å². The highest BCUT2D eigenvalue weighted by Gasteiger charge is 2.23. The molecule has 1 fully saturated rings. The molecule has 0 amide bonds. The summed E-state index contributed by atoms with van der Waals surface area (Å²) in [6.45, 7) is 5.33. The van der Waals surface area contributed by atoms with E-state index in [1.165, 1.54) is 0 Å². The molecule has 66 valence electrons. The number of rotatable bonds is 2. The van der Waals surface area contributed by atoms with Crippen molar-refractivity contribution >= 4 is 15.9 Å². The second kappa shape index (κ2) is 4.43. The third-order valence-corrected chi connectivity index (χ3v) is 2.70. The number of hydrogen-bond donors (Lipinski definition) is 1. The van der Waals surface area contributed by atoms with Gasteiger partial charge in [-0.25, -0.2) is 0 Å². The lowest BCUT2D eigenvalue weighted by atomic mass is 9.97. The van der Waals surface area contributed by atoms with Crippen molar-refractivity contribution in [1.82, 2.24) is 4.90 Å². The van der Waals surface area contributed by atoms with Gasteiger partial charge in [-0.3, -0.25) is 0 Å². The molecule has 0 aliphatic carbocycles. The molecule has 3 heteroatoms. The molecule has 2 nitrogen and oxygen atoms in total. The molecule has 11 heavy (non-hydrogen) atoms. The summed E-state index contributed by atoms with van der Waals surface area (Å²) in [4.78, 5) is 2.39. The summed E-state index contributed by atoms with van der Waals surface area (Å²) in [7, 11) is 0. The molecule has 1 aliphatic rings. The highest BCUT2D eigenvalue weighted by atomic mass is 79.9. The van der Waals surface area contributed by atoms with Gasteiger partial charge < -0.3 is 10.0 Å². The van der Waals surface area contributed by atoms with Crippen molar-refractivity contribution in [2.75, 3.05) is 25.0 Å². The molecule has 1 rings (SSSR count). The molecule has 0 aromatic rings. The normalized spacial score (nSPS) is 34.1. The second-order valence-corrected chi connectivity index (χ2v) is 4.12. The van der Waals surface area contributed by atoms with E-state index in [-0.39, 0.29) is 6.10 Å². The minimum Gasteiger partial charge on any atom is -0.393 e. The van der Waals surface area contributed by atoms with Crippen molar-refractivity contribution in [2.24, 2.45) is 5.92 Å². The molecule has 0 aromatic heterocycles. The lowest BCUT2D eigenvalue weighted by Crippen LogP contribution is -2.42. The van der Waals surface area contributed by atoms with Gasteiger partial charge in [0.05, 0.1) is 6.10 Å². The Balaban J connectivity index is 2.28. The van der Waals surface area contributed by atoms with Crippen LogP contribution in [-0.2, 0) is 0 Å². The Morgan fingerprint density at radius 3 is 2.91 bits per heavy atom. The molecule has 1 heterocycles. The second-order valence-electron chi connectivity index (χ2n) is 3.32. The lowest BCUT2D eigenvalue weighted by Gasteiger charge is -2.33. The first-order valence-electron chi connectivity index (χ1n) is 4.20. The molecular formula is C8H16BrNO. The van der Waals surface area contributed by atoms with Gasteiger partial charge >= 0.3 is 0 Å². The topological polar surface area (TPSA) is 23.5 Å². The van der Waals surface area contributed by atoms with Crippen LogP contribution in [0, 0.1) is 5.92 Å². The molecule has 2 atom stereocenters. The van der Waals surface area contributed by atoms with E-state index in [2.05, 4.69) is 27.8 Å². The van der Waals surface area contributed by atoms with E-state index in [0.717, 1.165) is 31.4 Å². The molecule has 1 aliphatic heterocycles. The monoisotopic (exact) mass is 221 g/mol. The number of hydrogen-bond acceptors (Lipinski definition) is 2. The van der Waals surface area contributed by atoms with E-state index in [9.17, 15) is 5.11 Å². The van der Waals surface area contributed by atoms with E-state index in [4.69, 9.17) is 0 Å². The van der Waals surface area contributed by atoms with Crippen LogP contribution >= 0.6 is 15.9 Å². The minimum absolute atomic E-state index is 0.0680. The zero-order valence-corrected chi connectivity index (χ0v) is 8.55. The minimum atomic E-state index is -0.0680. The summed E-state index contributed by atoms with van der Waals surface area (Å²) in [6.07, 6.45) is 0.871. The highest BCUT2D eigenvalue weighted by Crippen LogP contribution is 2.15. The van der Waals surface area contributed by atoms with Crippen LogP contribution in [0.5, 0.6) is 0 Å². The Bertz CT molecular complexity index is 121. The number of likely N-dealkylation sites (tertiary alicyclic amines) is 1. The van der Waals surface area contributed by atoms with Gasteiger partial charge in [-0.05, 0) is 12.3 Å². The Kier molecular flexibility index (Phi) is 3.82. The van der Waals surface area contributed by atoms with Crippen molar-refractivity contribution in [3.63, 3.8) is 0 Å². The van der Waals surface area contributed by atoms with E-state index in [0.29, 0.717) is 5.92 Å². The number of nitrogens with zero attached hydrogens (tertiary/aromatic N) is 1. The highest BCUT2D eigenvalue weighted by molar-refractivity contribution is 9.09. The molecule has 0 radical (unpaired) electrons. The first-order chi connectivity index (χ1) is 5.24. The quantitative estimate of drug-likeness (QED) is 0.707. The smallest absolute Gasteiger partial charge is 0.0590 e. The van der Waals surface area contributed by atoms with Gasteiger partial charge in [0.2, 0.25) is 0 Å². The van der Waals surface area contributed by atoms with Crippen LogP contribution in [0.1, 0.15) is 13.3 Å². The molecule has 2 unspecified atom stereocenters. The van der Waals surface area contributed by atoms with Crippen LogP contribution in [-0.4, -0.2) is 41.1 Å². The Labute approximate surface area is 76.7 Å². The zero-order valence-electron chi connectivity index (χ0n) is 6.96. The van der Waals surface area contributed by atoms with Crippen molar-refractivity contribution in [2.45, 2.75) is 19.4 Å². The summed E-state index contributed by atoms with van der Waals surface area (Å²) in [6, 6.07) is 0. The van der Waals surface area contributed by atoms with E-state index < -0.39 is 0 Å². The fourth-order valence-corrected chi connectivity index (χ4v) is 2.04. The SMILES string of the molecule is CC1CN(CCBr)CCC1O. The Morgan fingerprint density at radius 1 is 1.64 bits per heavy atom. The first kappa shape index (κ1) is 9.49. The van der Waals surface area contributed by atoms with Crippen LogP contribution in [0.3, 0.4) is 0 Å². The summed E-state index contributed by atoms with van der Waals surface area (Å²) in [5, 5.41) is 10.5. The molecular weight excluding hydrogens is 206 g/mol. The van der Waals surface area contributed by atoms with Crippen LogP contribution in [0.25, 0.3) is 0 Å². The molecule has 0 bridgehead atoms. The molecule has 0 aromatic carbocycles. The number of aliphatic hydroxyl groups excluding tert-OH is 1. The van der Waals surface area contributed by atoms with Crippen LogP contribution in [0.4, 0.5) is 0 Å². The maximum atomic E-state index is 9.43. The van der Waals surface area contributed by atoms with Crippen molar-refractivity contribution in [3.8, 4) is 0 Å². The number of aliphatic hydroxyl groups is 1. The van der Waals surface area contributed by atoms with Gasteiger partial charge in [-0.15, -0.1) is 0 Å². The van der Waals surface area contributed by atoms with Gasteiger partial charge in [-0.1, -0.05) is 22.9 Å². The standard InChI is InChI=1S/C8H16BrNO/c1-7-6-10(5-3-9)4-2-8(7)11/h7-8,11H,2-6H2,1H3. The average molecular weight is 222 g/mol. The van der Waals surface area contributed by atoms with Crippen LogP contribution in [0.2, 0.25) is 0 Å². The maximum Gasteiger partial charge on any atom is 0.0590 e. The summed E-state index contributed by atoms with van der Waals surface area (Å²) < 4.78 is 0. The van der Waals surface area contributed by atoms with E-state index in [1.807, 2.05) is 0 Å².